The standard InChI is InChI=1S/C8H12Cl2O/c9-5-1-3-7-11-8-4-2-6-10/h1-2,5-6H,3-4,7-8H2. The van der Waals surface area contributed by atoms with Crippen molar-refractivity contribution in [2.75, 3.05) is 13.2 Å². The van der Waals surface area contributed by atoms with Crippen LogP contribution in [0.3, 0.4) is 0 Å². The highest BCUT2D eigenvalue weighted by molar-refractivity contribution is 6.25. The van der Waals surface area contributed by atoms with Gasteiger partial charge in [-0.15, -0.1) is 0 Å². The van der Waals surface area contributed by atoms with E-state index in [1.54, 1.807) is 0 Å². The zero-order chi connectivity index (χ0) is 8.36. The van der Waals surface area contributed by atoms with Crippen LogP contribution in [0.1, 0.15) is 12.8 Å². The molecule has 0 aliphatic rings. The second-order valence-electron chi connectivity index (χ2n) is 1.91. The Morgan fingerprint density at radius 2 is 1.36 bits per heavy atom. The molecule has 0 unspecified atom stereocenters. The molecule has 0 rings (SSSR count). The van der Waals surface area contributed by atoms with E-state index in [9.17, 15) is 0 Å². The number of ether oxygens (including phenoxy) is 1. The molecule has 0 aromatic rings. The minimum absolute atomic E-state index is 0.722. The van der Waals surface area contributed by atoms with E-state index in [0.717, 1.165) is 26.1 Å². The van der Waals surface area contributed by atoms with Crippen LogP contribution in [0.5, 0.6) is 0 Å². The van der Waals surface area contributed by atoms with E-state index >= 15 is 0 Å². The van der Waals surface area contributed by atoms with Crippen molar-refractivity contribution in [2.45, 2.75) is 12.8 Å². The lowest BCUT2D eigenvalue weighted by Crippen LogP contribution is -1.93. The summed E-state index contributed by atoms with van der Waals surface area (Å²) in [6.07, 6.45) is 5.46. The Hall–Kier alpha value is 0.0200. The Morgan fingerprint density at radius 1 is 0.909 bits per heavy atom. The van der Waals surface area contributed by atoms with Crippen molar-refractivity contribution in [3.8, 4) is 0 Å². The fourth-order valence-corrected chi connectivity index (χ4v) is 0.783. The van der Waals surface area contributed by atoms with E-state index < -0.39 is 0 Å². The van der Waals surface area contributed by atoms with Gasteiger partial charge >= 0.3 is 0 Å². The average molecular weight is 195 g/mol. The van der Waals surface area contributed by atoms with Crippen LogP contribution in [-0.2, 0) is 4.74 Å². The molecule has 0 saturated heterocycles. The SMILES string of the molecule is ClC=CCCOCCC=CCl. The highest BCUT2D eigenvalue weighted by Crippen LogP contribution is 1.91. The zero-order valence-corrected chi connectivity index (χ0v) is 7.81. The van der Waals surface area contributed by atoms with Gasteiger partial charge in [-0.1, -0.05) is 35.4 Å². The third kappa shape index (κ3) is 10.0. The van der Waals surface area contributed by atoms with Crippen molar-refractivity contribution in [2.24, 2.45) is 0 Å². The molecule has 0 aromatic carbocycles. The molecule has 0 heterocycles. The topological polar surface area (TPSA) is 9.23 Å². The van der Waals surface area contributed by atoms with Gasteiger partial charge in [0.1, 0.15) is 0 Å². The smallest absolute Gasteiger partial charge is 0.0501 e. The summed E-state index contributed by atoms with van der Waals surface area (Å²) in [5.41, 5.74) is 3.00. The molecule has 0 aliphatic heterocycles. The second kappa shape index (κ2) is 10.0. The zero-order valence-electron chi connectivity index (χ0n) is 6.30. The van der Waals surface area contributed by atoms with Gasteiger partial charge in [0.15, 0.2) is 0 Å². The Bertz CT molecular complexity index is 107. The van der Waals surface area contributed by atoms with Crippen molar-refractivity contribution in [1.29, 1.82) is 0 Å². The molecular formula is C8H12Cl2O. The van der Waals surface area contributed by atoms with Crippen molar-refractivity contribution in [3.63, 3.8) is 0 Å². The van der Waals surface area contributed by atoms with Crippen molar-refractivity contribution < 1.29 is 4.74 Å². The lowest BCUT2D eigenvalue weighted by Gasteiger charge is -1.97. The first kappa shape index (κ1) is 11.0. The monoisotopic (exact) mass is 194 g/mol. The van der Waals surface area contributed by atoms with Crippen molar-refractivity contribution >= 4 is 23.2 Å². The fourth-order valence-electron chi connectivity index (χ4n) is 0.531. The molecular weight excluding hydrogens is 183 g/mol. The Balaban J connectivity index is 2.90. The first-order chi connectivity index (χ1) is 5.41. The molecule has 0 fully saturated rings. The molecule has 0 amide bonds. The summed E-state index contributed by atoms with van der Waals surface area (Å²) >= 11 is 10.6. The molecule has 64 valence electrons. The van der Waals surface area contributed by atoms with E-state index in [0.29, 0.717) is 0 Å². The summed E-state index contributed by atoms with van der Waals surface area (Å²) in [6.45, 7) is 1.44. The summed E-state index contributed by atoms with van der Waals surface area (Å²) < 4.78 is 5.22. The number of halogens is 2. The van der Waals surface area contributed by atoms with Crippen LogP contribution in [-0.4, -0.2) is 13.2 Å². The first-order valence-electron chi connectivity index (χ1n) is 3.50. The molecule has 0 saturated carbocycles. The largest absolute Gasteiger partial charge is 0.381 e. The summed E-state index contributed by atoms with van der Waals surface area (Å²) in [7, 11) is 0. The second-order valence-corrected chi connectivity index (χ2v) is 2.42. The van der Waals surface area contributed by atoms with E-state index in [2.05, 4.69) is 0 Å². The van der Waals surface area contributed by atoms with Crippen molar-refractivity contribution in [1.82, 2.24) is 0 Å². The molecule has 0 radical (unpaired) electrons. The maximum Gasteiger partial charge on any atom is 0.0501 e. The highest BCUT2D eigenvalue weighted by atomic mass is 35.5. The van der Waals surface area contributed by atoms with Crippen LogP contribution in [0.4, 0.5) is 0 Å². The minimum atomic E-state index is 0.722. The van der Waals surface area contributed by atoms with Crippen LogP contribution in [0, 0.1) is 0 Å². The molecule has 0 bridgehead atoms. The van der Waals surface area contributed by atoms with Crippen LogP contribution in [0.2, 0.25) is 0 Å². The Morgan fingerprint density at radius 3 is 1.73 bits per heavy atom. The summed E-state index contributed by atoms with van der Waals surface area (Å²) in [6, 6.07) is 0. The van der Waals surface area contributed by atoms with Crippen LogP contribution < -0.4 is 0 Å². The normalized spacial score (nSPS) is 11.8. The van der Waals surface area contributed by atoms with E-state index in [1.165, 1.54) is 11.1 Å². The van der Waals surface area contributed by atoms with Gasteiger partial charge in [0.25, 0.3) is 0 Å². The van der Waals surface area contributed by atoms with Crippen LogP contribution in [0.15, 0.2) is 23.2 Å². The third-order valence-corrected chi connectivity index (χ3v) is 1.39. The summed E-state index contributed by atoms with van der Waals surface area (Å²) in [5.74, 6) is 0. The Kier molecular flexibility index (Phi) is 10.0. The van der Waals surface area contributed by atoms with Crippen molar-refractivity contribution in [3.05, 3.63) is 23.2 Å². The maximum absolute atomic E-state index is 5.30. The van der Waals surface area contributed by atoms with E-state index in [4.69, 9.17) is 27.9 Å². The lowest BCUT2D eigenvalue weighted by molar-refractivity contribution is 0.143. The molecule has 0 aliphatic carbocycles. The van der Waals surface area contributed by atoms with Gasteiger partial charge in [-0.05, 0) is 12.8 Å². The fraction of sp³-hybridized carbons (Fsp3) is 0.500. The molecule has 0 aromatic heterocycles. The summed E-state index contributed by atoms with van der Waals surface area (Å²) in [5, 5.41) is 0. The first-order valence-corrected chi connectivity index (χ1v) is 4.37. The highest BCUT2D eigenvalue weighted by Gasteiger charge is 1.82. The van der Waals surface area contributed by atoms with E-state index in [-0.39, 0.29) is 0 Å². The van der Waals surface area contributed by atoms with Gasteiger partial charge in [0.2, 0.25) is 0 Å². The Labute approximate surface area is 77.6 Å². The van der Waals surface area contributed by atoms with Gasteiger partial charge in [-0.2, -0.15) is 0 Å². The summed E-state index contributed by atoms with van der Waals surface area (Å²) in [4.78, 5) is 0. The molecule has 0 N–H and O–H groups in total. The predicted octanol–water partition coefficient (Wildman–Crippen LogP) is 3.29. The van der Waals surface area contributed by atoms with Crippen LogP contribution >= 0.6 is 23.2 Å². The molecule has 0 atom stereocenters. The lowest BCUT2D eigenvalue weighted by atomic mass is 10.4. The number of rotatable bonds is 6. The van der Waals surface area contributed by atoms with Gasteiger partial charge < -0.3 is 4.74 Å². The number of hydrogen-bond acceptors (Lipinski definition) is 1. The maximum atomic E-state index is 5.30. The average Bonchev–Trinajstić information content (AvgIpc) is 2.03. The van der Waals surface area contributed by atoms with Gasteiger partial charge in [-0.3, -0.25) is 0 Å². The minimum Gasteiger partial charge on any atom is -0.381 e. The number of hydrogen-bond donors (Lipinski definition) is 0. The molecule has 0 spiro atoms. The molecule has 3 heteroatoms. The third-order valence-electron chi connectivity index (χ3n) is 1.04. The van der Waals surface area contributed by atoms with Gasteiger partial charge in [-0.25, -0.2) is 0 Å². The quantitative estimate of drug-likeness (QED) is 0.591. The van der Waals surface area contributed by atoms with Gasteiger partial charge in [0, 0.05) is 11.1 Å². The van der Waals surface area contributed by atoms with Gasteiger partial charge in [0.05, 0.1) is 13.2 Å². The van der Waals surface area contributed by atoms with Crippen LogP contribution in [0.25, 0.3) is 0 Å². The molecule has 11 heavy (non-hydrogen) atoms. The molecule has 1 nitrogen and oxygen atoms in total. The van der Waals surface area contributed by atoms with E-state index in [1.807, 2.05) is 12.2 Å². The predicted molar refractivity (Wildman–Crippen MR) is 50.0 cm³/mol.